The second kappa shape index (κ2) is 8.37. The van der Waals surface area contributed by atoms with E-state index < -0.39 is 0 Å². The van der Waals surface area contributed by atoms with E-state index in [9.17, 15) is 4.79 Å². The Bertz CT molecular complexity index is 394. The Hall–Kier alpha value is -1.75. The first kappa shape index (κ1) is 15.3. The number of hydrazine groups is 1. The molecule has 0 radical (unpaired) electrons. The summed E-state index contributed by atoms with van der Waals surface area (Å²) in [6, 6.07) is 7.99. The fourth-order valence-electron chi connectivity index (χ4n) is 1.68. The summed E-state index contributed by atoms with van der Waals surface area (Å²) in [5.41, 5.74) is 3.25. The Kier molecular flexibility index (Phi) is 6.74. The lowest BCUT2D eigenvalue weighted by Crippen LogP contribution is -2.29. The molecule has 106 valence electrons. The molecule has 0 unspecified atom stereocenters. The number of unbranched alkanes of at least 4 members (excludes halogenated alkanes) is 2. The van der Waals surface area contributed by atoms with Gasteiger partial charge < -0.3 is 9.64 Å². The Balaban J connectivity index is 2.19. The summed E-state index contributed by atoms with van der Waals surface area (Å²) in [4.78, 5) is 12.9. The zero-order valence-corrected chi connectivity index (χ0v) is 11.7. The van der Waals surface area contributed by atoms with Crippen molar-refractivity contribution in [2.45, 2.75) is 25.7 Å². The molecule has 0 aromatic heterocycles. The van der Waals surface area contributed by atoms with E-state index in [0.29, 0.717) is 13.0 Å². The van der Waals surface area contributed by atoms with Gasteiger partial charge in [-0.25, -0.2) is 5.84 Å². The van der Waals surface area contributed by atoms with Gasteiger partial charge in [0.05, 0.1) is 6.61 Å². The van der Waals surface area contributed by atoms with Crippen LogP contribution in [0.5, 0.6) is 5.75 Å². The molecule has 0 aliphatic heterocycles. The van der Waals surface area contributed by atoms with Crippen LogP contribution in [-0.2, 0) is 4.79 Å². The number of amides is 1. The van der Waals surface area contributed by atoms with Crippen molar-refractivity contribution in [2.24, 2.45) is 5.84 Å². The van der Waals surface area contributed by atoms with Crippen molar-refractivity contribution in [3.05, 3.63) is 24.3 Å². The van der Waals surface area contributed by atoms with Gasteiger partial charge in [-0.15, -0.1) is 0 Å². The molecule has 0 fully saturated rings. The maximum absolute atomic E-state index is 10.9. The van der Waals surface area contributed by atoms with Gasteiger partial charge in [0, 0.05) is 32.3 Å². The summed E-state index contributed by atoms with van der Waals surface area (Å²) >= 11 is 0. The number of benzene rings is 1. The summed E-state index contributed by atoms with van der Waals surface area (Å²) in [6.45, 7) is 0.668. The van der Waals surface area contributed by atoms with Crippen LogP contribution in [0.3, 0.4) is 0 Å². The molecule has 0 aliphatic rings. The van der Waals surface area contributed by atoms with Gasteiger partial charge in [0.2, 0.25) is 5.91 Å². The molecule has 1 rings (SSSR count). The van der Waals surface area contributed by atoms with Gasteiger partial charge in [-0.1, -0.05) is 6.07 Å². The number of hydrogen-bond acceptors (Lipinski definition) is 4. The van der Waals surface area contributed by atoms with E-state index in [0.717, 1.165) is 30.7 Å². The van der Waals surface area contributed by atoms with Crippen LogP contribution in [0.2, 0.25) is 0 Å². The molecule has 19 heavy (non-hydrogen) atoms. The van der Waals surface area contributed by atoms with Crippen molar-refractivity contribution in [1.82, 2.24) is 5.43 Å². The van der Waals surface area contributed by atoms with E-state index in [1.54, 1.807) is 0 Å². The van der Waals surface area contributed by atoms with Crippen molar-refractivity contribution >= 4 is 11.6 Å². The van der Waals surface area contributed by atoms with Crippen LogP contribution in [0, 0.1) is 0 Å². The first-order valence-electron chi connectivity index (χ1n) is 6.53. The number of nitrogens with zero attached hydrogens (tertiary/aromatic N) is 1. The van der Waals surface area contributed by atoms with E-state index in [2.05, 4.69) is 5.43 Å². The molecule has 5 heteroatoms. The van der Waals surface area contributed by atoms with E-state index in [4.69, 9.17) is 10.6 Å². The SMILES string of the molecule is CN(C)c1cccc(OCCCCCC(=O)NN)c1. The van der Waals surface area contributed by atoms with Gasteiger partial charge in [-0.05, 0) is 31.4 Å². The van der Waals surface area contributed by atoms with Crippen LogP contribution in [0.15, 0.2) is 24.3 Å². The maximum Gasteiger partial charge on any atom is 0.233 e. The van der Waals surface area contributed by atoms with Gasteiger partial charge in [0.25, 0.3) is 0 Å². The molecule has 3 N–H and O–H groups in total. The standard InChI is InChI=1S/C14H23N3O2/c1-17(2)12-7-6-8-13(11-12)19-10-5-3-4-9-14(18)16-15/h6-8,11H,3-5,9-10,15H2,1-2H3,(H,16,18). The Morgan fingerprint density at radius 3 is 2.79 bits per heavy atom. The van der Waals surface area contributed by atoms with Crippen LogP contribution in [0.25, 0.3) is 0 Å². The molecule has 1 aromatic carbocycles. The number of nitrogens with one attached hydrogen (secondary N) is 1. The van der Waals surface area contributed by atoms with Crippen molar-refractivity contribution in [3.8, 4) is 5.75 Å². The molecule has 0 spiro atoms. The number of carbonyl (C=O) groups excluding carboxylic acids is 1. The molecule has 0 aliphatic carbocycles. The highest BCUT2D eigenvalue weighted by atomic mass is 16.5. The van der Waals surface area contributed by atoms with Crippen molar-refractivity contribution in [3.63, 3.8) is 0 Å². The lowest BCUT2D eigenvalue weighted by Gasteiger charge is -2.14. The van der Waals surface area contributed by atoms with Crippen LogP contribution in [-0.4, -0.2) is 26.6 Å². The van der Waals surface area contributed by atoms with Crippen LogP contribution in [0.1, 0.15) is 25.7 Å². The second-order valence-electron chi connectivity index (χ2n) is 4.62. The lowest BCUT2D eigenvalue weighted by molar-refractivity contribution is -0.121. The van der Waals surface area contributed by atoms with E-state index in [1.807, 2.05) is 43.3 Å². The molecule has 1 aromatic rings. The number of nitrogens with two attached hydrogens (primary N) is 1. The minimum atomic E-state index is -0.111. The summed E-state index contributed by atoms with van der Waals surface area (Å²) in [5, 5.41) is 0. The average Bonchev–Trinajstić information content (AvgIpc) is 2.42. The quantitative estimate of drug-likeness (QED) is 0.325. The number of carbonyl (C=O) groups is 1. The number of hydrogen-bond donors (Lipinski definition) is 2. The van der Waals surface area contributed by atoms with Crippen LogP contribution < -0.4 is 20.9 Å². The molecule has 5 nitrogen and oxygen atoms in total. The van der Waals surface area contributed by atoms with Crippen molar-refractivity contribution < 1.29 is 9.53 Å². The predicted octanol–water partition coefficient (Wildman–Crippen LogP) is 1.68. The minimum Gasteiger partial charge on any atom is -0.494 e. The maximum atomic E-state index is 10.9. The van der Waals surface area contributed by atoms with E-state index in [1.165, 1.54) is 0 Å². The van der Waals surface area contributed by atoms with Crippen LogP contribution >= 0.6 is 0 Å². The Morgan fingerprint density at radius 1 is 1.32 bits per heavy atom. The smallest absolute Gasteiger partial charge is 0.233 e. The second-order valence-corrected chi connectivity index (χ2v) is 4.62. The molecule has 1 amide bonds. The molecular weight excluding hydrogens is 242 g/mol. The molecule has 0 saturated carbocycles. The first-order chi connectivity index (χ1) is 9.13. The highest BCUT2D eigenvalue weighted by Crippen LogP contribution is 2.19. The Morgan fingerprint density at radius 2 is 2.11 bits per heavy atom. The van der Waals surface area contributed by atoms with Crippen molar-refractivity contribution in [1.29, 1.82) is 0 Å². The average molecular weight is 265 g/mol. The number of anilines is 1. The zero-order chi connectivity index (χ0) is 14.1. The Labute approximate surface area is 114 Å². The lowest BCUT2D eigenvalue weighted by atomic mass is 10.2. The third kappa shape index (κ3) is 6.10. The molecule has 0 saturated heterocycles. The largest absolute Gasteiger partial charge is 0.494 e. The first-order valence-corrected chi connectivity index (χ1v) is 6.53. The predicted molar refractivity (Wildman–Crippen MR) is 77.1 cm³/mol. The fraction of sp³-hybridized carbons (Fsp3) is 0.500. The molecule has 0 bridgehead atoms. The topological polar surface area (TPSA) is 67.6 Å². The summed E-state index contributed by atoms with van der Waals surface area (Å²) in [7, 11) is 4.00. The normalized spacial score (nSPS) is 10.1. The van der Waals surface area contributed by atoms with Gasteiger partial charge >= 0.3 is 0 Å². The van der Waals surface area contributed by atoms with Crippen molar-refractivity contribution in [2.75, 3.05) is 25.6 Å². The van der Waals surface area contributed by atoms with Crippen LogP contribution in [0.4, 0.5) is 5.69 Å². The molecule has 0 atom stereocenters. The van der Waals surface area contributed by atoms with E-state index in [-0.39, 0.29) is 5.91 Å². The summed E-state index contributed by atoms with van der Waals surface area (Å²) in [6.07, 6.45) is 3.21. The van der Waals surface area contributed by atoms with Gasteiger partial charge in [-0.3, -0.25) is 10.2 Å². The minimum absolute atomic E-state index is 0.111. The van der Waals surface area contributed by atoms with E-state index >= 15 is 0 Å². The highest BCUT2D eigenvalue weighted by Gasteiger charge is 2.00. The van der Waals surface area contributed by atoms with Gasteiger partial charge in [0.1, 0.15) is 5.75 Å². The number of ether oxygens (including phenoxy) is 1. The summed E-state index contributed by atoms with van der Waals surface area (Å²) in [5.74, 6) is 5.77. The highest BCUT2D eigenvalue weighted by molar-refractivity contribution is 5.75. The third-order valence-electron chi connectivity index (χ3n) is 2.81. The molecular formula is C14H23N3O2. The third-order valence-corrected chi connectivity index (χ3v) is 2.81. The van der Waals surface area contributed by atoms with Gasteiger partial charge in [0.15, 0.2) is 0 Å². The molecule has 0 heterocycles. The zero-order valence-electron chi connectivity index (χ0n) is 11.7. The monoisotopic (exact) mass is 265 g/mol. The summed E-state index contributed by atoms with van der Waals surface area (Å²) < 4.78 is 5.68. The fourth-order valence-corrected chi connectivity index (χ4v) is 1.68. The number of rotatable bonds is 8. The van der Waals surface area contributed by atoms with Gasteiger partial charge in [-0.2, -0.15) is 0 Å².